The molecule has 0 unspecified atom stereocenters. The monoisotopic (exact) mass is 395 g/mol. The number of hydrogen-bond acceptors (Lipinski definition) is 5. The molecule has 0 saturated carbocycles. The number of nitrogens with one attached hydrogen (secondary N) is 1. The molecule has 0 aromatic heterocycles. The standard InChI is InChI=1S/C23H29N3O3/c1-18(19-2-6-21(7-3-19)25-10-14-28-15-11-25)24-23(27)20-4-8-22(9-5-20)26-12-16-29-17-13-26/h2-9,18H,10-17H2,1H3,(H,24,27)/t18-/m1/s1. The molecule has 2 heterocycles. The lowest BCUT2D eigenvalue weighted by Gasteiger charge is -2.29. The molecule has 1 atom stereocenters. The second kappa shape index (κ2) is 9.29. The summed E-state index contributed by atoms with van der Waals surface area (Å²) in [5.74, 6) is -0.0525. The lowest BCUT2D eigenvalue weighted by atomic mass is 10.1. The summed E-state index contributed by atoms with van der Waals surface area (Å²) >= 11 is 0. The Hall–Kier alpha value is -2.57. The molecule has 0 bridgehead atoms. The van der Waals surface area contributed by atoms with Gasteiger partial charge in [-0.3, -0.25) is 4.79 Å². The molecule has 29 heavy (non-hydrogen) atoms. The maximum absolute atomic E-state index is 12.7. The Kier molecular flexibility index (Phi) is 6.32. The molecule has 6 heteroatoms. The lowest BCUT2D eigenvalue weighted by molar-refractivity contribution is 0.0939. The zero-order valence-corrected chi connectivity index (χ0v) is 17.0. The number of rotatable bonds is 5. The quantitative estimate of drug-likeness (QED) is 0.844. The van der Waals surface area contributed by atoms with E-state index in [1.165, 1.54) is 5.69 Å². The fraction of sp³-hybridized carbons (Fsp3) is 0.435. The summed E-state index contributed by atoms with van der Waals surface area (Å²) < 4.78 is 10.8. The summed E-state index contributed by atoms with van der Waals surface area (Å²) in [5.41, 5.74) is 4.12. The summed E-state index contributed by atoms with van der Waals surface area (Å²) in [4.78, 5) is 17.3. The topological polar surface area (TPSA) is 54.0 Å². The van der Waals surface area contributed by atoms with Gasteiger partial charge in [-0.25, -0.2) is 0 Å². The van der Waals surface area contributed by atoms with Gasteiger partial charge in [0.1, 0.15) is 0 Å². The van der Waals surface area contributed by atoms with E-state index in [-0.39, 0.29) is 11.9 Å². The van der Waals surface area contributed by atoms with Crippen LogP contribution in [0.1, 0.15) is 28.9 Å². The molecular weight excluding hydrogens is 366 g/mol. The van der Waals surface area contributed by atoms with E-state index in [2.05, 4.69) is 39.4 Å². The molecule has 0 aliphatic carbocycles. The molecule has 6 nitrogen and oxygen atoms in total. The summed E-state index contributed by atoms with van der Waals surface area (Å²) in [7, 11) is 0. The SMILES string of the molecule is C[C@@H](NC(=O)c1ccc(N2CCOCC2)cc1)c1ccc(N2CCOCC2)cc1. The van der Waals surface area contributed by atoms with Gasteiger partial charge in [-0.05, 0) is 48.9 Å². The van der Waals surface area contributed by atoms with Crippen molar-refractivity contribution in [1.82, 2.24) is 5.32 Å². The van der Waals surface area contributed by atoms with Crippen LogP contribution >= 0.6 is 0 Å². The van der Waals surface area contributed by atoms with Gasteiger partial charge in [-0.15, -0.1) is 0 Å². The molecular formula is C23H29N3O3. The highest BCUT2D eigenvalue weighted by Gasteiger charge is 2.15. The van der Waals surface area contributed by atoms with Crippen molar-refractivity contribution in [3.63, 3.8) is 0 Å². The second-order valence-corrected chi connectivity index (χ2v) is 7.53. The Bertz CT molecular complexity index is 795. The van der Waals surface area contributed by atoms with Gasteiger partial charge >= 0.3 is 0 Å². The third-order valence-corrected chi connectivity index (χ3v) is 5.62. The first-order chi connectivity index (χ1) is 14.2. The second-order valence-electron chi connectivity index (χ2n) is 7.53. The van der Waals surface area contributed by atoms with Crippen molar-refractivity contribution in [3.05, 3.63) is 59.7 Å². The molecule has 2 fully saturated rings. The van der Waals surface area contributed by atoms with Gasteiger partial charge in [0.25, 0.3) is 5.91 Å². The van der Waals surface area contributed by atoms with E-state index < -0.39 is 0 Å². The smallest absolute Gasteiger partial charge is 0.251 e. The molecule has 2 saturated heterocycles. The predicted octanol–water partition coefficient (Wildman–Crippen LogP) is 2.85. The third-order valence-electron chi connectivity index (χ3n) is 5.62. The van der Waals surface area contributed by atoms with Crippen molar-refractivity contribution in [2.75, 3.05) is 62.4 Å². The first-order valence-corrected chi connectivity index (χ1v) is 10.4. The van der Waals surface area contributed by atoms with Gasteiger partial charge in [-0.1, -0.05) is 12.1 Å². The number of amides is 1. The normalized spacial score (nSPS) is 18.4. The van der Waals surface area contributed by atoms with Crippen LogP contribution < -0.4 is 15.1 Å². The molecule has 1 N–H and O–H groups in total. The van der Waals surface area contributed by atoms with E-state index in [9.17, 15) is 4.79 Å². The molecule has 1 amide bonds. The minimum absolute atomic E-state index is 0.0525. The molecule has 0 radical (unpaired) electrons. The number of nitrogens with zero attached hydrogens (tertiary/aromatic N) is 2. The molecule has 0 spiro atoms. The molecule has 2 aromatic rings. The summed E-state index contributed by atoms with van der Waals surface area (Å²) in [6.45, 7) is 8.71. The predicted molar refractivity (Wildman–Crippen MR) is 115 cm³/mol. The van der Waals surface area contributed by atoms with Crippen molar-refractivity contribution >= 4 is 17.3 Å². The van der Waals surface area contributed by atoms with E-state index in [1.807, 2.05) is 31.2 Å². The van der Waals surface area contributed by atoms with E-state index in [0.29, 0.717) is 5.56 Å². The number of ether oxygens (including phenoxy) is 2. The average molecular weight is 396 g/mol. The molecule has 2 aliphatic heterocycles. The van der Waals surface area contributed by atoms with Crippen molar-refractivity contribution in [1.29, 1.82) is 0 Å². The Labute approximate surface area is 172 Å². The van der Waals surface area contributed by atoms with Crippen molar-refractivity contribution in [3.8, 4) is 0 Å². The molecule has 2 aromatic carbocycles. The van der Waals surface area contributed by atoms with Crippen LogP contribution in [0.3, 0.4) is 0 Å². The van der Waals surface area contributed by atoms with E-state index >= 15 is 0 Å². The summed E-state index contributed by atoms with van der Waals surface area (Å²) in [6.07, 6.45) is 0. The Balaban J connectivity index is 1.35. The highest BCUT2D eigenvalue weighted by Crippen LogP contribution is 2.21. The minimum Gasteiger partial charge on any atom is -0.378 e. The van der Waals surface area contributed by atoms with Crippen LogP contribution in [0, 0.1) is 0 Å². The van der Waals surface area contributed by atoms with Crippen LogP contribution in [0.4, 0.5) is 11.4 Å². The van der Waals surface area contributed by atoms with Crippen LogP contribution in [-0.4, -0.2) is 58.5 Å². The number of anilines is 2. The zero-order valence-electron chi connectivity index (χ0n) is 17.0. The van der Waals surface area contributed by atoms with E-state index in [4.69, 9.17) is 9.47 Å². The molecule has 2 aliphatic rings. The summed E-state index contributed by atoms with van der Waals surface area (Å²) in [6, 6.07) is 16.2. The lowest BCUT2D eigenvalue weighted by Crippen LogP contribution is -2.36. The third kappa shape index (κ3) is 4.89. The van der Waals surface area contributed by atoms with Crippen LogP contribution in [0.25, 0.3) is 0 Å². The van der Waals surface area contributed by atoms with Gasteiger partial charge < -0.3 is 24.6 Å². The number of carbonyl (C=O) groups is 1. The van der Waals surface area contributed by atoms with Gasteiger partial charge in [-0.2, -0.15) is 0 Å². The fourth-order valence-electron chi connectivity index (χ4n) is 3.80. The Morgan fingerprint density at radius 1 is 0.793 bits per heavy atom. The van der Waals surface area contributed by atoms with E-state index in [1.54, 1.807) is 0 Å². The number of hydrogen-bond donors (Lipinski definition) is 1. The first-order valence-electron chi connectivity index (χ1n) is 10.4. The Morgan fingerprint density at radius 3 is 1.72 bits per heavy atom. The fourth-order valence-corrected chi connectivity index (χ4v) is 3.80. The van der Waals surface area contributed by atoms with E-state index in [0.717, 1.165) is 63.9 Å². The van der Waals surface area contributed by atoms with Gasteiger partial charge in [0.2, 0.25) is 0 Å². The van der Waals surface area contributed by atoms with Crippen LogP contribution in [-0.2, 0) is 9.47 Å². The summed E-state index contributed by atoms with van der Waals surface area (Å²) in [5, 5.41) is 3.10. The van der Waals surface area contributed by atoms with Gasteiger partial charge in [0.05, 0.1) is 32.5 Å². The minimum atomic E-state index is -0.0554. The first kappa shape index (κ1) is 19.7. The zero-order chi connectivity index (χ0) is 20.1. The van der Waals surface area contributed by atoms with Crippen molar-refractivity contribution in [2.24, 2.45) is 0 Å². The van der Waals surface area contributed by atoms with Crippen LogP contribution in [0.5, 0.6) is 0 Å². The largest absolute Gasteiger partial charge is 0.378 e. The number of benzene rings is 2. The molecule has 154 valence electrons. The maximum atomic E-state index is 12.7. The van der Waals surface area contributed by atoms with Crippen molar-refractivity contribution in [2.45, 2.75) is 13.0 Å². The van der Waals surface area contributed by atoms with Crippen molar-refractivity contribution < 1.29 is 14.3 Å². The molecule has 4 rings (SSSR count). The average Bonchev–Trinajstić information content (AvgIpc) is 2.80. The number of morpholine rings is 2. The van der Waals surface area contributed by atoms with Crippen LogP contribution in [0.2, 0.25) is 0 Å². The van der Waals surface area contributed by atoms with Gasteiger partial charge in [0.15, 0.2) is 0 Å². The Morgan fingerprint density at radius 2 is 1.24 bits per heavy atom. The highest BCUT2D eigenvalue weighted by molar-refractivity contribution is 5.94. The maximum Gasteiger partial charge on any atom is 0.251 e. The number of carbonyl (C=O) groups excluding carboxylic acids is 1. The highest BCUT2D eigenvalue weighted by atomic mass is 16.5. The van der Waals surface area contributed by atoms with Crippen LogP contribution in [0.15, 0.2) is 48.5 Å². The van der Waals surface area contributed by atoms with Gasteiger partial charge in [0, 0.05) is 43.1 Å².